The van der Waals surface area contributed by atoms with Crippen LogP contribution in [0, 0.1) is 5.92 Å². The first-order valence-corrected chi connectivity index (χ1v) is 14.2. The molecule has 8 heteroatoms. The summed E-state index contributed by atoms with van der Waals surface area (Å²) in [4.78, 5) is 40.7. The number of likely N-dealkylation sites (tertiary alicyclic amines) is 1. The number of carbonyl (C=O) groups excluding carboxylic acids is 1. The van der Waals surface area contributed by atoms with Crippen LogP contribution in [0.5, 0.6) is 11.5 Å². The minimum atomic E-state index is -0.341. The summed E-state index contributed by atoms with van der Waals surface area (Å²) in [5, 5.41) is 0.822. The molecule has 204 valence electrons. The third-order valence-corrected chi connectivity index (χ3v) is 9.06. The molecule has 3 aromatic rings. The highest BCUT2D eigenvalue weighted by molar-refractivity contribution is 5.93. The molecule has 0 radical (unpaired) electrons. The van der Waals surface area contributed by atoms with Gasteiger partial charge in [-0.25, -0.2) is 4.79 Å². The zero-order valence-corrected chi connectivity index (χ0v) is 22.6. The predicted molar refractivity (Wildman–Crippen MR) is 146 cm³/mol. The van der Waals surface area contributed by atoms with E-state index in [1.807, 2.05) is 41.5 Å². The van der Waals surface area contributed by atoms with Crippen molar-refractivity contribution < 1.29 is 18.7 Å². The van der Waals surface area contributed by atoms with Crippen molar-refractivity contribution in [1.29, 1.82) is 0 Å². The van der Waals surface area contributed by atoms with Gasteiger partial charge in [0.25, 0.3) is 11.5 Å². The Labute approximate surface area is 226 Å². The molecule has 1 aromatic carbocycles. The molecule has 0 unspecified atom stereocenters. The van der Waals surface area contributed by atoms with Crippen molar-refractivity contribution in [1.82, 2.24) is 9.47 Å². The molecule has 2 aromatic heterocycles. The van der Waals surface area contributed by atoms with Gasteiger partial charge in [-0.1, -0.05) is 6.07 Å². The van der Waals surface area contributed by atoms with Crippen LogP contribution in [0.25, 0.3) is 11.0 Å². The lowest BCUT2D eigenvalue weighted by Crippen LogP contribution is -2.50. The van der Waals surface area contributed by atoms with Gasteiger partial charge in [0.05, 0.1) is 5.39 Å². The summed E-state index contributed by atoms with van der Waals surface area (Å²) in [5.41, 5.74) is 3.63. The van der Waals surface area contributed by atoms with Gasteiger partial charge in [0.1, 0.15) is 22.7 Å². The quantitative estimate of drug-likeness (QED) is 0.476. The molecule has 5 heterocycles. The van der Waals surface area contributed by atoms with Crippen LogP contribution in [0.4, 0.5) is 0 Å². The van der Waals surface area contributed by atoms with Crippen molar-refractivity contribution in [2.24, 2.45) is 5.92 Å². The summed E-state index contributed by atoms with van der Waals surface area (Å²) in [6.07, 6.45) is 6.02. The van der Waals surface area contributed by atoms with Crippen LogP contribution in [0.3, 0.4) is 0 Å². The van der Waals surface area contributed by atoms with Gasteiger partial charge in [-0.15, -0.1) is 0 Å². The Hall–Kier alpha value is -3.55. The maximum Gasteiger partial charge on any atom is 0.339 e. The molecule has 3 aliphatic heterocycles. The minimum Gasteiger partial charge on any atom is -0.487 e. The van der Waals surface area contributed by atoms with Crippen LogP contribution in [0.1, 0.15) is 67.8 Å². The van der Waals surface area contributed by atoms with Gasteiger partial charge in [0.15, 0.2) is 6.61 Å². The van der Waals surface area contributed by atoms with Gasteiger partial charge < -0.3 is 23.4 Å². The van der Waals surface area contributed by atoms with Crippen molar-refractivity contribution in [3.05, 3.63) is 67.4 Å². The Morgan fingerprint density at radius 3 is 2.72 bits per heavy atom. The Morgan fingerprint density at radius 1 is 1.05 bits per heavy atom. The lowest BCUT2D eigenvalue weighted by molar-refractivity contribution is -0.136. The summed E-state index contributed by atoms with van der Waals surface area (Å²) in [6, 6.07) is 7.32. The highest BCUT2D eigenvalue weighted by atomic mass is 16.5. The Morgan fingerprint density at radius 2 is 1.87 bits per heavy atom. The lowest BCUT2D eigenvalue weighted by Gasteiger charge is -2.42. The van der Waals surface area contributed by atoms with E-state index in [9.17, 15) is 14.4 Å². The maximum absolute atomic E-state index is 13.5. The standard InChI is InChI=1S/C31H34N2O6/c1-31(2)11-10-22-24(39-31)13-25(28-20-6-3-4-7-21(20)30(36)38-29(22)28)37-17-27(35)32-14-18-12-19(16-32)23-8-5-9-26(34)33(23)15-18/h5,8-9,13,18-19H,3-4,6-7,10-12,14-17H2,1-2H3/t18-,19-/m0/s1. The van der Waals surface area contributed by atoms with E-state index in [4.69, 9.17) is 13.9 Å². The molecule has 1 amide bonds. The van der Waals surface area contributed by atoms with E-state index in [1.54, 1.807) is 6.07 Å². The van der Waals surface area contributed by atoms with E-state index in [1.165, 1.54) is 0 Å². The number of ether oxygens (including phenoxy) is 2. The van der Waals surface area contributed by atoms with E-state index in [2.05, 4.69) is 0 Å². The number of pyridine rings is 1. The number of hydrogen-bond donors (Lipinski definition) is 0. The first-order chi connectivity index (χ1) is 18.8. The van der Waals surface area contributed by atoms with Gasteiger partial charge in [-0.2, -0.15) is 0 Å². The van der Waals surface area contributed by atoms with Crippen LogP contribution in [0.15, 0.2) is 38.3 Å². The Bertz CT molecular complexity index is 1620. The van der Waals surface area contributed by atoms with Gasteiger partial charge in [-0.05, 0) is 76.3 Å². The SMILES string of the molecule is CC1(C)CCc2c(cc(OCC(=O)N3C[C@@H]4C[C@@H](C3)c3cccc(=O)n3C4)c3c4c(c(=O)oc23)CCCC4)O1. The molecule has 2 atom stereocenters. The van der Waals surface area contributed by atoms with Crippen molar-refractivity contribution in [2.45, 2.75) is 76.9 Å². The first-order valence-electron chi connectivity index (χ1n) is 14.2. The third kappa shape index (κ3) is 4.15. The number of benzene rings is 1. The van der Waals surface area contributed by atoms with E-state index >= 15 is 0 Å². The number of fused-ring (bicyclic) bond motifs is 9. The van der Waals surface area contributed by atoms with E-state index in [0.29, 0.717) is 43.1 Å². The van der Waals surface area contributed by atoms with E-state index in [0.717, 1.165) is 66.3 Å². The summed E-state index contributed by atoms with van der Waals surface area (Å²) >= 11 is 0. The summed E-state index contributed by atoms with van der Waals surface area (Å²) in [7, 11) is 0. The summed E-state index contributed by atoms with van der Waals surface area (Å²) in [5.74, 6) is 1.54. The number of aromatic nitrogens is 1. The fourth-order valence-corrected chi connectivity index (χ4v) is 7.16. The molecule has 2 bridgehead atoms. The van der Waals surface area contributed by atoms with Crippen molar-refractivity contribution in [3.63, 3.8) is 0 Å². The van der Waals surface area contributed by atoms with Gasteiger partial charge >= 0.3 is 5.63 Å². The molecule has 0 saturated carbocycles. The van der Waals surface area contributed by atoms with Gasteiger partial charge in [0.2, 0.25) is 0 Å². The lowest BCUT2D eigenvalue weighted by atomic mass is 9.83. The average molecular weight is 531 g/mol. The molecule has 1 aliphatic carbocycles. The number of aryl methyl sites for hydroxylation is 2. The van der Waals surface area contributed by atoms with Crippen LogP contribution in [0.2, 0.25) is 0 Å². The number of hydrogen-bond acceptors (Lipinski definition) is 6. The molecular weight excluding hydrogens is 496 g/mol. The Balaban J connectivity index is 1.21. The molecule has 1 fully saturated rings. The third-order valence-electron chi connectivity index (χ3n) is 9.06. The molecule has 0 N–H and O–H groups in total. The van der Waals surface area contributed by atoms with Crippen molar-refractivity contribution in [2.75, 3.05) is 19.7 Å². The molecule has 1 saturated heterocycles. The van der Waals surface area contributed by atoms with Crippen LogP contribution in [-0.4, -0.2) is 40.7 Å². The topological polar surface area (TPSA) is 91.0 Å². The maximum atomic E-state index is 13.5. The smallest absolute Gasteiger partial charge is 0.339 e. The summed E-state index contributed by atoms with van der Waals surface area (Å²) in [6.45, 7) is 5.83. The predicted octanol–water partition coefficient (Wildman–Crippen LogP) is 3.96. The first kappa shape index (κ1) is 24.5. The largest absolute Gasteiger partial charge is 0.487 e. The second-order valence-electron chi connectivity index (χ2n) is 12.3. The number of rotatable bonds is 3. The second-order valence-corrected chi connectivity index (χ2v) is 12.3. The van der Waals surface area contributed by atoms with Crippen LogP contribution in [-0.2, 0) is 30.6 Å². The zero-order chi connectivity index (χ0) is 26.9. The number of piperidine rings is 1. The zero-order valence-electron chi connectivity index (χ0n) is 22.6. The molecule has 8 nitrogen and oxygen atoms in total. The number of nitrogens with zero attached hydrogens (tertiary/aromatic N) is 2. The van der Waals surface area contributed by atoms with Gasteiger partial charge in [-0.3, -0.25) is 9.59 Å². The fourth-order valence-electron chi connectivity index (χ4n) is 7.16. The average Bonchev–Trinajstić information content (AvgIpc) is 2.91. The fraction of sp³-hybridized carbons (Fsp3) is 0.516. The molecular formula is C31H34N2O6. The van der Waals surface area contributed by atoms with Crippen molar-refractivity contribution in [3.8, 4) is 11.5 Å². The summed E-state index contributed by atoms with van der Waals surface area (Å²) < 4.78 is 20.4. The minimum absolute atomic E-state index is 0.0324. The van der Waals surface area contributed by atoms with E-state index < -0.39 is 0 Å². The van der Waals surface area contributed by atoms with Crippen molar-refractivity contribution >= 4 is 16.9 Å². The normalized spacial score (nSPS) is 22.9. The Kier molecular flexibility index (Phi) is 5.65. The van der Waals surface area contributed by atoms with Crippen LogP contribution >= 0.6 is 0 Å². The highest BCUT2D eigenvalue weighted by Gasteiger charge is 2.37. The van der Waals surface area contributed by atoms with Gasteiger partial charge in [0, 0.05) is 54.5 Å². The van der Waals surface area contributed by atoms with Crippen LogP contribution < -0.4 is 20.7 Å². The molecule has 0 spiro atoms. The number of carbonyl (C=O) groups is 1. The monoisotopic (exact) mass is 530 g/mol. The molecule has 39 heavy (non-hydrogen) atoms. The molecule has 7 rings (SSSR count). The second kappa shape index (κ2) is 9.00. The highest BCUT2D eigenvalue weighted by Crippen LogP contribution is 2.44. The number of amides is 1. The molecule has 4 aliphatic rings. The van der Waals surface area contributed by atoms with E-state index in [-0.39, 0.29) is 41.1 Å².